The van der Waals surface area contributed by atoms with E-state index in [0.717, 1.165) is 21.5 Å². The molecule has 2 N–H and O–H groups in total. The number of rotatable bonds is 1. The summed E-state index contributed by atoms with van der Waals surface area (Å²) in [7, 11) is -5.67. The molecule has 0 fully saturated rings. The Kier molecular flexibility index (Phi) is 3.10. The molecule has 1 aliphatic rings. The fourth-order valence-electron chi connectivity index (χ4n) is 3.93. The van der Waals surface area contributed by atoms with Crippen LogP contribution in [0, 0.1) is 0 Å². The van der Waals surface area contributed by atoms with Gasteiger partial charge in [-0.2, -0.15) is 0 Å². The number of benzene rings is 4. The van der Waals surface area contributed by atoms with E-state index >= 15 is 0 Å². The number of sulfone groups is 1. The lowest BCUT2D eigenvalue weighted by molar-refractivity contribution is 0.424. The predicted octanol–water partition coefficient (Wildman–Crippen LogP) is 2.49. The van der Waals surface area contributed by atoms with Crippen LogP contribution in [0.25, 0.3) is 32.7 Å². The fourth-order valence-corrected chi connectivity index (χ4v) is 5.83. The Morgan fingerprint density at radius 1 is 0.769 bits per heavy atom. The lowest BCUT2D eigenvalue weighted by Gasteiger charge is -2.09. The Labute approximate surface area is 150 Å². The van der Waals surface area contributed by atoms with E-state index in [1.807, 2.05) is 36.4 Å². The zero-order chi connectivity index (χ0) is 18.1. The lowest BCUT2D eigenvalue weighted by Crippen LogP contribution is -2.33. The van der Waals surface area contributed by atoms with E-state index in [4.69, 9.17) is 0 Å². The molecule has 0 radical (unpaired) electrons. The van der Waals surface area contributed by atoms with Gasteiger partial charge < -0.3 is 10.0 Å². The predicted molar refractivity (Wildman–Crippen MR) is 102 cm³/mol. The van der Waals surface area contributed by atoms with Gasteiger partial charge in [0.15, 0.2) is 0 Å². The molecule has 5 rings (SSSR count). The average Bonchev–Trinajstić information content (AvgIpc) is 2.89. The second-order valence-corrected chi connectivity index (χ2v) is 8.28. The van der Waals surface area contributed by atoms with Crippen LogP contribution < -0.4 is 5.46 Å². The fraction of sp³-hybridized carbons (Fsp3) is 0. The van der Waals surface area contributed by atoms with Crippen LogP contribution in [0.2, 0.25) is 0 Å². The molecule has 0 saturated carbocycles. The van der Waals surface area contributed by atoms with Crippen molar-refractivity contribution in [3.63, 3.8) is 0 Å². The first-order chi connectivity index (χ1) is 12.5. The van der Waals surface area contributed by atoms with Gasteiger partial charge in [-0.1, -0.05) is 60.7 Å². The summed E-state index contributed by atoms with van der Waals surface area (Å²) in [6.45, 7) is 0. The molecule has 0 spiro atoms. The molecule has 4 aromatic carbocycles. The van der Waals surface area contributed by atoms with Gasteiger partial charge in [-0.3, -0.25) is 0 Å². The van der Waals surface area contributed by atoms with Gasteiger partial charge in [0, 0.05) is 16.6 Å². The molecule has 0 aromatic heterocycles. The monoisotopic (exact) mass is 360 g/mol. The van der Waals surface area contributed by atoms with Crippen LogP contribution in [0.1, 0.15) is 0 Å². The molecule has 0 amide bonds. The van der Waals surface area contributed by atoms with E-state index in [1.165, 1.54) is 6.07 Å². The van der Waals surface area contributed by atoms with Gasteiger partial charge in [0.1, 0.15) is 0 Å². The zero-order valence-corrected chi connectivity index (χ0v) is 14.4. The maximum Gasteiger partial charge on any atom is 0.489 e. The summed E-state index contributed by atoms with van der Waals surface area (Å²) < 4.78 is 26.3. The molecule has 4 nitrogen and oxygen atoms in total. The van der Waals surface area contributed by atoms with E-state index < -0.39 is 17.0 Å². The van der Waals surface area contributed by atoms with Crippen LogP contribution in [0.15, 0.2) is 76.5 Å². The van der Waals surface area contributed by atoms with Gasteiger partial charge in [-0.15, -0.1) is 0 Å². The van der Waals surface area contributed by atoms with Crippen LogP contribution in [0.4, 0.5) is 0 Å². The number of hydrogen-bond donors (Lipinski definition) is 2. The standard InChI is InChI=1S/C20H13BO4S/c22-21(23)16-7-3-6-15-19-17(26(24,25)20(15)16)11-10-13-9-8-12-4-1-2-5-14(12)18(13)19/h1-11,22-23H. The zero-order valence-electron chi connectivity index (χ0n) is 13.5. The Morgan fingerprint density at radius 3 is 2.31 bits per heavy atom. The van der Waals surface area contributed by atoms with E-state index in [9.17, 15) is 18.5 Å². The van der Waals surface area contributed by atoms with E-state index in [0.29, 0.717) is 11.1 Å². The summed E-state index contributed by atoms with van der Waals surface area (Å²) in [4.78, 5) is 0.204. The molecular formula is C20H13BO4S. The van der Waals surface area contributed by atoms with Gasteiger partial charge in [-0.05, 0) is 27.6 Å². The van der Waals surface area contributed by atoms with Gasteiger partial charge in [-0.25, -0.2) is 8.42 Å². The second kappa shape index (κ2) is 5.17. The normalized spacial score (nSPS) is 14.4. The van der Waals surface area contributed by atoms with Crippen molar-refractivity contribution < 1.29 is 18.5 Å². The largest absolute Gasteiger partial charge is 0.489 e. The Balaban J connectivity index is 2.05. The highest BCUT2D eigenvalue weighted by Crippen LogP contribution is 2.47. The van der Waals surface area contributed by atoms with Gasteiger partial charge in [0.25, 0.3) is 0 Å². The summed E-state index contributed by atoms with van der Waals surface area (Å²) >= 11 is 0. The van der Waals surface area contributed by atoms with Crippen LogP contribution in [0.3, 0.4) is 0 Å². The van der Waals surface area contributed by atoms with Crippen molar-refractivity contribution in [3.8, 4) is 11.1 Å². The summed E-state index contributed by atoms with van der Waals surface area (Å²) in [6, 6.07) is 20.1. The molecule has 26 heavy (non-hydrogen) atoms. The second-order valence-electron chi connectivity index (χ2n) is 6.42. The molecule has 126 valence electrons. The molecule has 4 aromatic rings. The third-order valence-electron chi connectivity index (χ3n) is 5.02. The first-order valence-corrected chi connectivity index (χ1v) is 9.67. The number of hydrogen-bond acceptors (Lipinski definition) is 4. The van der Waals surface area contributed by atoms with Crippen molar-refractivity contribution in [2.24, 2.45) is 0 Å². The smallest absolute Gasteiger partial charge is 0.423 e. The van der Waals surface area contributed by atoms with Crippen molar-refractivity contribution in [3.05, 3.63) is 66.7 Å². The van der Waals surface area contributed by atoms with Crippen molar-refractivity contribution >= 4 is 44.0 Å². The third kappa shape index (κ3) is 1.89. The van der Waals surface area contributed by atoms with Gasteiger partial charge in [0.2, 0.25) is 9.84 Å². The van der Waals surface area contributed by atoms with E-state index in [1.54, 1.807) is 24.3 Å². The Morgan fingerprint density at radius 2 is 1.50 bits per heavy atom. The van der Waals surface area contributed by atoms with Crippen molar-refractivity contribution in [1.82, 2.24) is 0 Å². The van der Waals surface area contributed by atoms with Crippen molar-refractivity contribution in [1.29, 1.82) is 0 Å². The minimum atomic E-state index is -3.82. The highest BCUT2D eigenvalue weighted by Gasteiger charge is 2.38. The maximum absolute atomic E-state index is 13.2. The van der Waals surface area contributed by atoms with Crippen molar-refractivity contribution in [2.45, 2.75) is 9.79 Å². The molecule has 0 unspecified atom stereocenters. The lowest BCUT2D eigenvalue weighted by atomic mass is 9.78. The number of fused-ring (bicyclic) bond motifs is 7. The Bertz CT molecular complexity index is 1330. The molecule has 0 atom stereocenters. The third-order valence-corrected chi connectivity index (χ3v) is 6.94. The summed E-state index contributed by atoms with van der Waals surface area (Å²) in [5, 5.41) is 23.2. The molecule has 1 aliphatic heterocycles. The minimum absolute atomic E-state index is 0.00656. The highest BCUT2D eigenvalue weighted by atomic mass is 32.2. The highest BCUT2D eigenvalue weighted by molar-refractivity contribution is 7.92. The van der Waals surface area contributed by atoms with Gasteiger partial charge in [0.05, 0.1) is 9.79 Å². The van der Waals surface area contributed by atoms with E-state index in [2.05, 4.69) is 0 Å². The summed E-state index contributed by atoms with van der Waals surface area (Å²) in [6.07, 6.45) is 0. The topological polar surface area (TPSA) is 74.6 Å². The van der Waals surface area contributed by atoms with E-state index in [-0.39, 0.29) is 15.3 Å². The molecule has 0 bridgehead atoms. The van der Waals surface area contributed by atoms with Crippen LogP contribution in [-0.4, -0.2) is 25.6 Å². The minimum Gasteiger partial charge on any atom is -0.423 e. The quantitative estimate of drug-likeness (QED) is 0.356. The Hall–Kier alpha value is -2.67. The first-order valence-electron chi connectivity index (χ1n) is 8.19. The summed E-state index contributed by atoms with van der Waals surface area (Å²) in [5.41, 5.74) is 1.16. The first kappa shape index (κ1) is 15.6. The molecule has 1 heterocycles. The average molecular weight is 360 g/mol. The molecule has 6 heteroatoms. The molecule has 0 saturated heterocycles. The molecular weight excluding hydrogens is 347 g/mol. The van der Waals surface area contributed by atoms with Gasteiger partial charge >= 0.3 is 7.12 Å². The van der Waals surface area contributed by atoms with Crippen LogP contribution >= 0.6 is 0 Å². The SMILES string of the molecule is O=S1(=O)c2ccc3ccc4ccccc4c3c2-c2cccc(B(O)O)c21. The van der Waals surface area contributed by atoms with Crippen molar-refractivity contribution in [2.75, 3.05) is 0 Å². The van der Waals surface area contributed by atoms with Crippen LogP contribution in [0.5, 0.6) is 0 Å². The molecule has 0 aliphatic carbocycles. The van der Waals surface area contributed by atoms with Crippen LogP contribution in [-0.2, 0) is 9.84 Å². The summed E-state index contributed by atoms with van der Waals surface area (Å²) in [5.74, 6) is 0. The maximum atomic E-state index is 13.2.